The van der Waals surface area contributed by atoms with Gasteiger partial charge < -0.3 is 14.8 Å². The molecule has 0 radical (unpaired) electrons. The van der Waals surface area contributed by atoms with Gasteiger partial charge in [0.1, 0.15) is 12.4 Å². The normalized spacial score (nSPS) is 17.4. The summed E-state index contributed by atoms with van der Waals surface area (Å²) in [5.41, 5.74) is 0.516. The minimum absolute atomic E-state index is 0.188. The van der Waals surface area contributed by atoms with Crippen LogP contribution in [0.1, 0.15) is 58.9 Å². The Hall–Kier alpha value is -2.04. The van der Waals surface area contributed by atoms with Crippen molar-refractivity contribution in [3.05, 3.63) is 29.8 Å². The van der Waals surface area contributed by atoms with Crippen molar-refractivity contribution in [1.82, 2.24) is 5.32 Å². The van der Waals surface area contributed by atoms with Crippen molar-refractivity contribution < 1.29 is 14.3 Å². The molecule has 1 aliphatic heterocycles. The molecule has 1 aromatic carbocycles. The Morgan fingerprint density at radius 1 is 1.44 bits per heavy atom. The SMILES string of the molecule is CCC(CC(C)(C)NC(=O)C1=NC(C)(C)CO1)c1cccc(OC)c1. The third-order valence-corrected chi connectivity index (χ3v) is 4.43. The molecule has 0 spiro atoms. The van der Waals surface area contributed by atoms with Gasteiger partial charge in [-0.25, -0.2) is 4.99 Å². The van der Waals surface area contributed by atoms with Crippen LogP contribution in [-0.2, 0) is 9.53 Å². The van der Waals surface area contributed by atoms with Gasteiger partial charge in [0, 0.05) is 5.54 Å². The third kappa shape index (κ3) is 5.21. The first kappa shape index (κ1) is 19.3. The Morgan fingerprint density at radius 2 is 2.16 bits per heavy atom. The summed E-state index contributed by atoms with van der Waals surface area (Å²) in [5.74, 6) is 1.13. The molecule has 0 saturated carbocycles. The molecule has 1 amide bonds. The standard InChI is InChI=1S/C20H30N2O3/c1-7-14(15-9-8-10-16(11-15)24-6)12-19(2,3)21-17(23)18-22-20(4,5)13-25-18/h8-11,14H,7,12-13H2,1-6H3,(H,21,23). The van der Waals surface area contributed by atoms with E-state index >= 15 is 0 Å². The molecule has 0 aromatic heterocycles. The lowest BCUT2D eigenvalue weighted by Gasteiger charge is -2.30. The molecule has 1 aliphatic rings. The van der Waals surface area contributed by atoms with Crippen molar-refractivity contribution in [2.45, 2.75) is 64.5 Å². The van der Waals surface area contributed by atoms with E-state index in [2.05, 4.69) is 29.4 Å². The quantitative estimate of drug-likeness (QED) is 0.819. The lowest BCUT2D eigenvalue weighted by Crippen LogP contribution is -2.47. The fourth-order valence-corrected chi connectivity index (χ4v) is 3.12. The van der Waals surface area contributed by atoms with Gasteiger partial charge in [-0.1, -0.05) is 19.1 Å². The van der Waals surface area contributed by atoms with E-state index in [-0.39, 0.29) is 22.9 Å². The van der Waals surface area contributed by atoms with Gasteiger partial charge in [-0.15, -0.1) is 0 Å². The summed E-state index contributed by atoms with van der Waals surface area (Å²) >= 11 is 0. The first-order valence-corrected chi connectivity index (χ1v) is 8.85. The summed E-state index contributed by atoms with van der Waals surface area (Å²) in [6.07, 6.45) is 1.80. The number of carbonyl (C=O) groups excluding carboxylic acids is 1. The molecule has 138 valence electrons. The summed E-state index contributed by atoms with van der Waals surface area (Å²) in [5, 5.41) is 3.07. The molecule has 1 unspecified atom stereocenters. The molecule has 5 heteroatoms. The van der Waals surface area contributed by atoms with Crippen LogP contribution in [0.25, 0.3) is 0 Å². The van der Waals surface area contributed by atoms with E-state index in [9.17, 15) is 4.79 Å². The molecule has 1 atom stereocenters. The zero-order valence-electron chi connectivity index (χ0n) is 16.2. The minimum atomic E-state index is -0.376. The lowest BCUT2D eigenvalue weighted by atomic mass is 9.84. The number of ether oxygens (including phenoxy) is 2. The molecule has 0 aliphatic carbocycles. The largest absolute Gasteiger partial charge is 0.497 e. The third-order valence-electron chi connectivity index (χ3n) is 4.43. The Kier molecular flexibility index (Phi) is 5.76. The van der Waals surface area contributed by atoms with E-state index in [1.54, 1.807) is 7.11 Å². The van der Waals surface area contributed by atoms with E-state index in [0.29, 0.717) is 12.5 Å². The van der Waals surface area contributed by atoms with Crippen molar-refractivity contribution in [3.63, 3.8) is 0 Å². The molecule has 2 rings (SSSR count). The number of nitrogens with zero attached hydrogens (tertiary/aromatic N) is 1. The van der Waals surface area contributed by atoms with Gasteiger partial charge in [-0.05, 0) is 64.2 Å². The van der Waals surface area contributed by atoms with Gasteiger partial charge in [-0.2, -0.15) is 0 Å². The smallest absolute Gasteiger partial charge is 0.306 e. The van der Waals surface area contributed by atoms with Crippen molar-refractivity contribution in [1.29, 1.82) is 0 Å². The highest BCUT2D eigenvalue weighted by Gasteiger charge is 2.33. The maximum absolute atomic E-state index is 12.5. The summed E-state index contributed by atoms with van der Waals surface area (Å²) in [6, 6.07) is 8.13. The highest BCUT2D eigenvalue weighted by Crippen LogP contribution is 2.31. The van der Waals surface area contributed by atoms with Crippen molar-refractivity contribution in [3.8, 4) is 5.75 Å². The van der Waals surface area contributed by atoms with Gasteiger partial charge in [0.2, 0.25) is 0 Å². The molecular weight excluding hydrogens is 316 g/mol. The lowest BCUT2D eigenvalue weighted by molar-refractivity contribution is -0.117. The maximum atomic E-state index is 12.5. The number of benzene rings is 1. The Labute approximate surface area is 150 Å². The van der Waals surface area contributed by atoms with E-state index in [0.717, 1.165) is 18.6 Å². The average molecular weight is 346 g/mol. The Balaban J connectivity index is 2.06. The summed E-state index contributed by atoms with van der Waals surface area (Å²) < 4.78 is 10.8. The van der Waals surface area contributed by atoms with Crippen LogP contribution in [-0.4, -0.2) is 36.6 Å². The molecule has 1 aromatic rings. The second kappa shape index (κ2) is 7.46. The number of hydrogen-bond donors (Lipinski definition) is 1. The van der Waals surface area contributed by atoms with Gasteiger partial charge in [0.25, 0.3) is 5.90 Å². The molecular formula is C20H30N2O3. The molecule has 0 bridgehead atoms. The Morgan fingerprint density at radius 3 is 2.72 bits per heavy atom. The van der Waals surface area contributed by atoms with Crippen LogP contribution >= 0.6 is 0 Å². The predicted molar refractivity (Wildman–Crippen MR) is 100 cm³/mol. The van der Waals surface area contributed by atoms with Gasteiger partial charge in [0.05, 0.1) is 12.6 Å². The minimum Gasteiger partial charge on any atom is -0.497 e. The van der Waals surface area contributed by atoms with E-state index in [1.807, 2.05) is 39.8 Å². The number of rotatable bonds is 7. The van der Waals surface area contributed by atoms with Gasteiger partial charge in [0.15, 0.2) is 0 Å². The monoisotopic (exact) mass is 346 g/mol. The maximum Gasteiger partial charge on any atom is 0.306 e. The van der Waals surface area contributed by atoms with Crippen LogP contribution in [0.4, 0.5) is 0 Å². The number of aliphatic imine (C=N–C) groups is 1. The average Bonchev–Trinajstić information content (AvgIpc) is 2.92. The zero-order chi connectivity index (χ0) is 18.7. The number of carbonyl (C=O) groups is 1. The van der Waals surface area contributed by atoms with Crippen molar-refractivity contribution >= 4 is 11.8 Å². The second-order valence-electron chi connectivity index (χ2n) is 7.94. The second-order valence-corrected chi connectivity index (χ2v) is 7.94. The van der Waals surface area contributed by atoms with E-state index < -0.39 is 0 Å². The van der Waals surface area contributed by atoms with Crippen molar-refractivity contribution in [2.75, 3.05) is 13.7 Å². The number of amides is 1. The fourth-order valence-electron chi connectivity index (χ4n) is 3.12. The van der Waals surface area contributed by atoms with E-state index in [4.69, 9.17) is 9.47 Å². The first-order valence-electron chi connectivity index (χ1n) is 8.85. The first-order chi connectivity index (χ1) is 11.7. The molecule has 0 fully saturated rings. The van der Waals surface area contributed by atoms with Crippen molar-refractivity contribution in [2.24, 2.45) is 4.99 Å². The summed E-state index contributed by atoms with van der Waals surface area (Å²) in [4.78, 5) is 16.8. The van der Waals surface area contributed by atoms with Crippen LogP contribution in [0, 0.1) is 0 Å². The molecule has 1 heterocycles. The number of hydrogen-bond acceptors (Lipinski definition) is 4. The fraction of sp³-hybridized carbons (Fsp3) is 0.600. The Bertz CT molecular complexity index is 650. The van der Waals surface area contributed by atoms with Crippen LogP contribution in [0.15, 0.2) is 29.3 Å². The molecule has 25 heavy (non-hydrogen) atoms. The molecule has 1 N–H and O–H groups in total. The zero-order valence-corrected chi connectivity index (χ0v) is 16.2. The van der Waals surface area contributed by atoms with Crippen LogP contribution in [0.2, 0.25) is 0 Å². The van der Waals surface area contributed by atoms with Gasteiger partial charge >= 0.3 is 5.91 Å². The number of nitrogens with one attached hydrogen (secondary N) is 1. The summed E-state index contributed by atoms with van der Waals surface area (Å²) in [6.45, 7) is 10.6. The van der Waals surface area contributed by atoms with Crippen LogP contribution < -0.4 is 10.1 Å². The van der Waals surface area contributed by atoms with Crippen LogP contribution in [0.5, 0.6) is 5.75 Å². The van der Waals surface area contributed by atoms with E-state index in [1.165, 1.54) is 5.56 Å². The topological polar surface area (TPSA) is 59.9 Å². The highest BCUT2D eigenvalue weighted by molar-refractivity contribution is 6.35. The molecule has 0 saturated heterocycles. The molecule has 5 nitrogen and oxygen atoms in total. The van der Waals surface area contributed by atoms with Gasteiger partial charge in [-0.3, -0.25) is 4.79 Å². The number of methoxy groups -OCH3 is 1. The van der Waals surface area contributed by atoms with Crippen LogP contribution in [0.3, 0.4) is 0 Å². The predicted octanol–water partition coefficient (Wildman–Crippen LogP) is 3.68. The summed E-state index contributed by atoms with van der Waals surface area (Å²) in [7, 11) is 1.67. The highest BCUT2D eigenvalue weighted by atomic mass is 16.5.